The minimum Gasteiger partial charge on any atom is -0.483 e. The van der Waals surface area contributed by atoms with E-state index in [1.807, 2.05) is 39.0 Å². The van der Waals surface area contributed by atoms with Crippen LogP contribution in [0.2, 0.25) is 0 Å². The Kier molecular flexibility index (Phi) is 7.49. The normalized spacial score (nSPS) is 19.9. The third-order valence-corrected chi connectivity index (χ3v) is 5.15. The number of para-hydroxylation sites is 1. The van der Waals surface area contributed by atoms with Gasteiger partial charge in [-0.1, -0.05) is 31.5 Å². The van der Waals surface area contributed by atoms with E-state index in [9.17, 15) is 9.59 Å². The second kappa shape index (κ2) is 9.60. The molecule has 2 unspecified atom stereocenters. The quantitative estimate of drug-likeness (QED) is 0.760. The molecule has 2 rings (SSSR count). The highest BCUT2D eigenvalue weighted by atomic mass is 16.5. The van der Waals surface area contributed by atoms with Crippen molar-refractivity contribution in [1.82, 2.24) is 10.2 Å². The van der Waals surface area contributed by atoms with Crippen molar-refractivity contribution in [2.24, 2.45) is 5.92 Å². The maximum atomic E-state index is 12.7. The van der Waals surface area contributed by atoms with Crippen LogP contribution in [-0.4, -0.2) is 42.5 Å². The molecule has 1 N–H and O–H groups in total. The highest BCUT2D eigenvalue weighted by Crippen LogP contribution is 2.24. The van der Waals surface area contributed by atoms with Crippen LogP contribution >= 0.6 is 0 Å². The number of benzene rings is 1. The summed E-state index contributed by atoms with van der Waals surface area (Å²) in [5.74, 6) is 0.677. The number of piperidine rings is 1. The fourth-order valence-electron chi connectivity index (χ4n) is 3.44. The smallest absolute Gasteiger partial charge is 0.260 e. The lowest BCUT2D eigenvalue weighted by molar-refractivity contribution is -0.140. The number of aryl methyl sites for hydroxylation is 2. The van der Waals surface area contributed by atoms with Gasteiger partial charge in [-0.25, -0.2) is 0 Å². The SMILES string of the molecule is CCCCNC(=O)C1CCC(C)N(C(=O)COc2c(C)cccc2C)C1. The lowest BCUT2D eigenvalue weighted by atomic mass is 9.92. The monoisotopic (exact) mass is 360 g/mol. The molecule has 5 heteroatoms. The first-order valence-corrected chi connectivity index (χ1v) is 9.70. The van der Waals surface area contributed by atoms with Gasteiger partial charge in [0.05, 0.1) is 5.92 Å². The van der Waals surface area contributed by atoms with Gasteiger partial charge in [0.15, 0.2) is 6.61 Å². The Morgan fingerprint density at radius 1 is 1.23 bits per heavy atom. The second-order valence-corrected chi connectivity index (χ2v) is 7.32. The van der Waals surface area contributed by atoms with Gasteiger partial charge < -0.3 is 15.0 Å². The average Bonchev–Trinajstić information content (AvgIpc) is 2.61. The summed E-state index contributed by atoms with van der Waals surface area (Å²) in [5.41, 5.74) is 2.05. The molecule has 2 amide bonds. The van der Waals surface area contributed by atoms with Crippen LogP contribution in [0, 0.1) is 19.8 Å². The first-order valence-electron chi connectivity index (χ1n) is 9.70. The van der Waals surface area contributed by atoms with E-state index in [0.29, 0.717) is 13.1 Å². The van der Waals surface area contributed by atoms with Crippen molar-refractivity contribution in [1.29, 1.82) is 0 Å². The van der Waals surface area contributed by atoms with E-state index in [0.717, 1.165) is 42.6 Å². The molecular weight excluding hydrogens is 328 g/mol. The number of nitrogens with one attached hydrogen (secondary N) is 1. The van der Waals surface area contributed by atoms with E-state index in [-0.39, 0.29) is 30.4 Å². The van der Waals surface area contributed by atoms with Crippen molar-refractivity contribution in [3.63, 3.8) is 0 Å². The summed E-state index contributed by atoms with van der Waals surface area (Å²) in [6.07, 6.45) is 3.73. The molecule has 0 spiro atoms. The Labute approximate surface area is 157 Å². The second-order valence-electron chi connectivity index (χ2n) is 7.32. The highest BCUT2D eigenvalue weighted by Gasteiger charge is 2.32. The maximum absolute atomic E-state index is 12.7. The summed E-state index contributed by atoms with van der Waals surface area (Å²) in [6, 6.07) is 6.08. The van der Waals surface area contributed by atoms with Crippen molar-refractivity contribution in [2.75, 3.05) is 19.7 Å². The molecule has 1 aromatic rings. The average molecular weight is 360 g/mol. The van der Waals surface area contributed by atoms with Gasteiger partial charge >= 0.3 is 0 Å². The fraction of sp³-hybridized carbons (Fsp3) is 0.619. The molecule has 0 bridgehead atoms. The topological polar surface area (TPSA) is 58.6 Å². The minimum absolute atomic E-state index is 0.0141. The van der Waals surface area contributed by atoms with Crippen molar-refractivity contribution < 1.29 is 14.3 Å². The summed E-state index contributed by atoms with van der Waals surface area (Å²) in [7, 11) is 0. The van der Waals surface area contributed by atoms with Gasteiger partial charge in [-0.3, -0.25) is 9.59 Å². The Bertz CT molecular complexity index is 609. The van der Waals surface area contributed by atoms with Crippen molar-refractivity contribution in [2.45, 2.75) is 59.4 Å². The Morgan fingerprint density at radius 2 is 1.92 bits per heavy atom. The molecule has 1 aliphatic rings. The first kappa shape index (κ1) is 20.3. The first-order chi connectivity index (χ1) is 12.4. The number of rotatable bonds is 7. The van der Waals surface area contributed by atoms with Crippen LogP contribution in [0.5, 0.6) is 5.75 Å². The predicted molar refractivity (Wildman–Crippen MR) is 103 cm³/mol. The van der Waals surface area contributed by atoms with Crippen molar-refractivity contribution in [3.8, 4) is 5.75 Å². The predicted octanol–water partition coefficient (Wildman–Crippen LogP) is 3.23. The van der Waals surface area contributed by atoms with Crippen LogP contribution in [0.15, 0.2) is 18.2 Å². The molecule has 26 heavy (non-hydrogen) atoms. The summed E-state index contributed by atoms with van der Waals surface area (Å²) >= 11 is 0. The zero-order valence-electron chi connectivity index (χ0n) is 16.5. The Balaban J connectivity index is 1.93. The number of hydrogen-bond donors (Lipinski definition) is 1. The van der Waals surface area contributed by atoms with Gasteiger partial charge in [-0.15, -0.1) is 0 Å². The molecule has 1 heterocycles. The van der Waals surface area contributed by atoms with Crippen LogP contribution in [0.3, 0.4) is 0 Å². The minimum atomic E-state index is -0.118. The molecule has 0 aliphatic carbocycles. The van der Waals surface area contributed by atoms with Crippen LogP contribution in [0.4, 0.5) is 0 Å². The van der Waals surface area contributed by atoms with Crippen LogP contribution in [-0.2, 0) is 9.59 Å². The van der Waals surface area contributed by atoms with E-state index in [2.05, 4.69) is 12.2 Å². The number of unbranched alkanes of at least 4 members (excludes halogenated alkanes) is 1. The standard InChI is InChI=1S/C21H32N2O3/c1-5-6-12-22-21(25)18-11-10-17(4)23(13-18)19(24)14-26-20-15(2)8-7-9-16(20)3/h7-9,17-18H,5-6,10-14H2,1-4H3,(H,22,25). The van der Waals surface area contributed by atoms with E-state index >= 15 is 0 Å². The van der Waals surface area contributed by atoms with Gasteiger partial charge in [-0.2, -0.15) is 0 Å². The number of likely N-dealkylation sites (tertiary alicyclic amines) is 1. The van der Waals surface area contributed by atoms with Gasteiger partial charge in [0.2, 0.25) is 5.91 Å². The van der Waals surface area contributed by atoms with Gasteiger partial charge in [0, 0.05) is 19.1 Å². The Morgan fingerprint density at radius 3 is 2.58 bits per heavy atom. The number of hydrogen-bond acceptors (Lipinski definition) is 3. The third kappa shape index (κ3) is 5.23. The molecular formula is C21H32N2O3. The Hall–Kier alpha value is -2.04. The molecule has 5 nitrogen and oxygen atoms in total. The number of ether oxygens (including phenoxy) is 1. The lowest BCUT2D eigenvalue weighted by Crippen LogP contribution is -2.50. The number of nitrogens with zero attached hydrogens (tertiary/aromatic N) is 1. The molecule has 1 saturated heterocycles. The van der Waals surface area contributed by atoms with E-state index in [1.54, 1.807) is 4.90 Å². The molecule has 0 saturated carbocycles. The third-order valence-electron chi connectivity index (χ3n) is 5.15. The lowest BCUT2D eigenvalue weighted by Gasteiger charge is -2.37. The summed E-state index contributed by atoms with van der Waals surface area (Å²) in [4.78, 5) is 26.8. The number of carbonyl (C=O) groups is 2. The van der Waals surface area contributed by atoms with Crippen molar-refractivity contribution in [3.05, 3.63) is 29.3 Å². The summed E-state index contributed by atoms with van der Waals surface area (Å²) in [5, 5.41) is 2.99. The molecule has 144 valence electrons. The molecule has 1 fully saturated rings. The maximum Gasteiger partial charge on any atom is 0.260 e. The zero-order valence-corrected chi connectivity index (χ0v) is 16.5. The van der Waals surface area contributed by atoms with E-state index < -0.39 is 0 Å². The summed E-state index contributed by atoms with van der Waals surface area (Å²) in [6.45, 7) is 9.31. The number of carbonyl (C=O) groups excluding carboxylic acids is 2. The molecule has 0 aromatic heterocycles. The van der Waals surface area contributed by atoms with Gasteiger partial charge in [0.1, 0.15) is 5.75 Å². The van der Waals surface area contributed by atoms with Crippen LogP contribution in [0.25, 0.3) is 0 Å². The number of amides is 2. The largest absolute Gasteiger partial charge is 0.483 e. The van der Waals surface area contributed by atoms with Crippen molar-refractivity contribution >= 4 is 11.8 Å². The van der Waals surface area contributed by atoms with E-state index in [4.69, 9.17) is 4.74 Å². The van der Waals surface area contributed by atoms with Crippen LogP contribution in [0.1, 0.15) is 50.7 Å². The van der Waals surface area contributed by atoms with Crippen LogP contribution < -0.4 is 10.1 Å². The molecule has 1 aromatic carbocycles. The van der Waals surface area contributed by atoms with Gasteiger partial charge in [0.25, 0.3) is 5.91 Å². The summed E-state index contributed by atoms with van der Waals surface area (Å²) < 4.78 is 5.81. The molecule has 1 aliphatic heterocycles. The highest BCUT2D eigenvalue weighted by molar-refractivity contribution is 5.82. The van der Waals surface area contributed by atoms with Gasteiger partial charge in [-0.05, 0) is 51.2 Å². The fourth-order valence-corrected chi connectivity index (χ4v) is 3.44. The zero-order chi connectivity index (χ0) is 19.1. The molecule has 0 radical (unpaired) electrons. The molecule has 2 atom stereocenters. The van der Waals surface area contributed by atoms with E-state index in [1.165, 1.54) is 0 Å².